The second-order valence-electron chi connectivity index (χ2n) is 4.52. The zero-order chi connectivity index (χ0) is 12.4. The quantitative estimate of drug-likeness (QED) is 0.822. The average Bonchev–Trinajstić information content (AvgIpc) is 2.65. The van der Waals surface area contributed by atoms with E-state index in [0.29, 0.717) is 6.61 Å². The average molecular weight is 232 g/mol. The fraction of sp³-hybridized carbons (Fsp3) is 0.429. The lowest BCUT2D eigenvalue weighted by molar-refractivity contribution is 0.0620. The number of rotatable bonds is 4. The van der Waals surface area contributed by atoms with Gasteiger partial charge in [-0.2, -0.15) is 0 Å². The van der Waals surface area contributed by atoms with Crippen LogP contribution in [0.15, 0.2) is 24.3 Å². The van der Waals surface area contributed by atoms with Crippen molar-refractivity contribution in [3.05, 3.63) is 30.0 Å². The van der Waals surface area contributed by atoms with Gasteiger partial charge in [0.15, 0.2) is 0 Å². The van der Waals surface area contributed by atoms with Crippen LogP contribution in [0.5, 0.6) is 0 Å². The molecule has 2 aromatic rings. The van der Waals surface area contributed by atoms with Gasteiger partial charge in [-0.1, -0.05) is 6.07 Å². The minimum absolute atomic E-state index is 0.246. The van der Waals surface area contributed by atoms with Crippen molar-refractivity contribution in [3.63, 3.8) is 0 Å². The first kappa shape index (κ1) is 12.0. The van der Waals surface area contributed by atoms with Crippen LogP contribution >= 0.6 is 0 Å². The second-order valence-corrected chi connectivity index (χ2v) is 4.52. The number of benzene rings is 1. The Bertz CT molecular complexity index is 514. The van der Waals surface area contributed by atoms with E-state index in [1.165, 1.54) is 11.2 Å². The lowest BCUT2D eigenvalue weighted by Crippen LogP contribution is -2.07. The van der Waals surface area contributed by atoms with Crippen LogP contribution in [0.4, 0.5) is 5.69 Å². The first-order chi connectivity index (χ1) is 8.13. The van der Waals surface area contributed by atoms with Gasteiger partial charge < -0.3 is 15.0 Å². The highest BCUT2D eigenvalue weighted by atomic mass is 16.5. The molecule has 0 spiro atoms. The Hall–Kier alpha value is -1.48. The third kappa shape index (κ3) is 2.29. The Morgan fingerprint density at radius 3 is 2.76 bits per heavy atom. The molecule has 0 amide bonds. The number of hydrogen-bond donors (Lipinski definition) is 1. The normalized spacial score (nSPS) is 11.5. The van der Waals surface area contributed by atoms with Crippen LogP contribution < -0.4 is 5.73 Å². The molecule has 3 heteroatoms. The largest absolute Gasteiger partial charge is 0.398 e. The van der Waals surface area contributed by atoms with E-state index in [-0.39, 0.29) is 6.10 Å². The number of aryl methyl sites for hydroxylation is 1. The highest BCUT2D eigenvalue weighted by Gasteiger charge is 2.09. The van der Waals surface area contributed by atoms with Crippen molar-refractivity contribution in [1.82, 2.24) is 4.57 Å². The molecule has 0 saturated heterocycles. The Kier molecular flexibility index (Phi) is 3.38. The molecule has 92 valence electrons. The second kappa shape index (κ2) is 4.80. The van der Waals surface area contributed by atoms with Crippen LogP contribution in [0.1, 0.15) is 26.5 Å². The van der Waals surface area contributed by atoms with Crippen molar-refractivity contribution in [2.75, 3.05) is 5.73 Å². The molecule has 0 bridgehead atoms. The number of nitrogens with two attached hydrogens (primary N) is 1. The summed E-state index contributed by atoms with van der Waals surface area (Å²) >= 11 is 0. The van der Waals surface area contributed by atoms with Crippen LogP contribution in [0.25, 0.3) is 10.9 Å². The maximum Gasteiger partial charge on any atom is 0.0871 e. The van der Waals surface area contributed by atoms with Gasteiger partial charge in [-0.25, -0.2) is 0 Å². The van der Waals surface area contributed by atoms with Crippen LogP contribution in [-0.2, 0) is 17.9 Å². The number of hydrogen-bond acceptors (Lipinski definition) is 2. The molecule has 1 heterocycles. The van der Waals surface area contributed by atoms with Gasteiger partial charge >= 0.3 is 0 Å². The predicted molar refractivity (Wildman–Crippen MR) is 71.9 cm³/mol. The van der Waals surface area contributed by atoms with Crippen molar-refractivity contribution < 1.29 is 4.74 Å². The summed E-state index contributed by atoms with van der Waals surface area (Å²) in [6.45, 7) is 7.81. The number of aromatic nitrogens is 1. The molecule has 1 aromatic heterocycles. The van der Waals surface area contributed by atoms with E-state index < -0.39 is 0 Å². The zero-order valence-corrected chi connectivity index (χ0v) is 10.7. The van der Waals surface area contributed by atoms with E-state index in [1.807, 2.05) is 26.0 Å². The molecule has 17 heavy (non-hydrogen) atoms. The van der Waals surface area contributed by atoms with Crippen LogP contribution in [-0.4, -0.2) is 10.7 Å². The third-order valence-electron chi connectivity index (χ3n) is 2.95. The van der Waals surface area contributed by atoms with Crippen LogP contribution in [0.2, 0.25) is 0 Å². The van der Waals surface area contributed by atoms with Crippen molar-refractivity contribution in [3.8, 4) is 0 Å². The molecule has 0 saturated carbocycles. The topological polar surface area (TPSA) is 40.2 Å². The first-order valence-corrected chi connectivity index (χ1v) is 6.11. The van der Waals surface area contributed by atoms with Gasteiger partial charge in [-0.15, -0.1) is 0 Å². The number of nitrogen functional groups attached to an aromatic ring is 1. The van der Waals surface area contributed by atoms with Gasteiger partial charge in [0.2, 0.25) is 0 Å². The minimum atomic E-state index is 0.246. The molecular weight excluding hydrogens is 212 g/mol. The molecule has 0 fully saturated rings. The zero-order valence-electron chi connectivity index (χ0n) is 10.7. The molecule has 0 atom stereocenters. The van der Waals surface area contributed by atoms with E-state index in [0.717, 1.165) is 17.6 Å². The number of fused-ring (bicyclic) bond motifs is 1. The summed E-state index contributed by atoms with van der Waals surface area (Å²) < 4.78 is 7.94. The molecule has 3 nitrogen and oxygen atoms in total. The highest BCUT2D eigenvalue weighted by molar-refractivity contribution is 5.92. The van der Waals surface area contributed by atoms with Gasteiger partial charge in [0.05, 0.1) is 18.2 Å². The first-order valence-electron chi connectivity index (χ1n) is 6.11. The van der Waals surface area contributed by atoms with E-state index in [4.69, 9.17) is 10.5 Å². The number of ether oxygens (including phenoxy) is 1. The molecule has 0 unspecified atom stereocenters. The molecule has 0 radical (unpaired) electrons. The van der Waals surface area contributed by atoms with Crippen molar-refractivity contribution in [1.29, 1.82) is 0 Å². The summed E-state index contributed by atoms with van der Waals surface area (Å²) in [6, 6.07) is 8.18. The van der Waals surface area contributed by atoms with Gasteiger partial charge in [-0.05, 0) is 39.0 Å². The van der Waals surface area contributed by atoms with Crippen molar-refractivity contribution in [2.45, 2.75) is 40.0 Å². The van der Waals surface area contributed by atoms with Gasteiger partial charge in [0.1, 0.15) is 0 Å². The van der Waals surface area contributed by atoms with E-state index in [1.54, 1.807) is 0 Å². The summed E-state index contributed by atoms with van der Waals surface area (Å²) in [7, 11) is 0. The molecule has 2 N–H and O–H groups in total. The fourth-order valence-corrected chi connectivity index (χ4v) is 2.11. The number of nitrogens with zero attached hydrogens (tertiary/aromatic N) is 1. The maximum absolute atomic E-state index is 5.99. The van der Waals surface area contributed by atoms with Gasteiger partial charge in [0, 0.05) is 23.3 Å². The Morgan fingerprint density at radius 1 is 1.35 bits per heavy atom. The number of anilines is 1. The van der Waals surface area contributed by atoms with E-state index in [9.17, 15) is 0 Å². The van der Waals surface area contributed by atoms with Crippen molar-refractivity contribution in [2.24, 2.45) is 0 Å². The Balaban J connectivity index is 2.44. The summed E-state index contributed by atoms with van der Waals surface area (Å²) in [5.41, 5.74) is 9.21. The molecular formula is C14H20N2O. The van der Waals surface area contributed by atoms with Gasteiger partial charge in [-0.3, -0.25) is 0 Å². The smallest absolute Gasteiger partial charge is 0.0871 e. The summed E-state index contributed by atoms with van der Waals surface area (Å²) in [4.78, 5) is 0. The minimum Gasteiger partial charge on any atom is -0.398 e. The summed E-state index contributed by atoms with van der Waals surface area (Å²) in [6.07, 6.45) is 0.246. The lowest BCUT2D eigenvalue weighted by atomic mass is 10.2. The SMILES string of the molecule is CCn1c(COC(C)C)cc2c(N)cccc21. The Labute approximate surface area is 102 Å². The molecule has 0 aliphatic carbocycles. The van der Waals surface area contributed by atoms with E-state index >= 15 is 0 Å². The standard InChI is InChI=1S/C14H20N2O/c1-4-16-11(9-17-10(2)3)8-12-13(15)6-5-7-14(12)16/h5-8,10H,4,9,15H2,1-3H3. The Morgan fingerprint density at radius 2 is 2.12 bits per heavy atom. The predicted octanol–water partition coefficient (Wildman–Crippen LogP) is 3.17. The monoisotopic (exact) mass is 232 g/mol. The molecule has 2 rings (SSSR count). The summed E-state index contributed by atoms with van der Waals surface area (Å²) in [5.74, 6) is 0. The van der Waals surface area contributed by atoms with Crippen LogP contribution in [0.3, 0.4) is 0 Å². The molecule has 0 aliphatic heterocycles. The van der Waals surface area contributed by atoms with Crippen molar-refractivity contribution >= 4 is 16.6 Å². The fourth-order valence-electron chi connectivity index (χ4n) is 2.11. The summed E-state index contributed by atoms with van der Waals surface area (Å²) in [5, 5.41) is 1.12. The third-order valence-corrected chi connectivity index (χ3v) is 2.95. The van der Waals surface area contributed by atoms with E-state index in [2.05, 4.69) is 23.6 Å². The molecule has 1 aromatic carbocycles. The van der Waals surface area contributed by atoms with Gasteiger partial charge in [0.25, 0.3) is 0 Å². The van der Waals surface area contributed by atoms with Crippen LogP contribution in [0, 0.1) is 0 Å². The lowest BCUT2D eigenvalue weighted by Gasteiger charge is -2.10. The maximum atomic E-state index is 5.99. The molecule has 0 aliphatic rings. The highest BCUT2D eigenvalue weighted by Crippen LogP contribution is 2.25.